The van der Waals surface area contributed by atoms with Crippen molar-refractivity contribution in [2.45, 2.75) is 6.92 Å². The minimum Gasteiger partial charge on any atom is -0.497 e. The molecule has 0 saturated heterocycles. The van der Waals surface area contributed by atoms with Crippen molar-refractivity contribution in [2.24, 2.45) is 14.1 Å². The van der Waals surface area contributed by atoms with E-state index in [4.69, 9.17) is 4.74 Å². The van der Waals surface area contributed by atoms with Crippen LogP contribution in [0.4, 0.5) is 5.82 Å². The van der Waals surface area contributed by atoms with Crippen LogP contribution in [-0.4, -0.2) is 32.3 Å². The minimum atomic E-state index is -0.229. The van der Waals surface area contributed by atoms with Crippen molar-refractivity contribution in [3.63, 3.8) is 0 Å². The molecule has 0 fully saturated rings. The number of nitrogens with one attached hydrogen (secondary N) is 1. The summed E-state index contributed by atoms with van der Waals surface area (Å²) in [4.78, 5) is 16.5. The number of rotatable bonds is 4. The molecule has 0 saturated carbocycles. The molecule has 1 aromatic carbocycles. The van der Waals surface area contributed by atoms with E-state index in [1.54, 1.807) is 36.8 Å². The maximum atomic E-state index is 12.5. The van der Waals surface area contributed by atoms with Gasteiger partial charge in [-0.2, -0.15) is 5.10 Å². The van der Waals surface area contributed by atoms with Crippen LogP contribution in [0.15, 0.2) is 36.8 Å². The third-order valence-electron chi connectivity index (χ3n) is 3.88. The number of methoxy groups -OCH3 is 1. The topological polar surface area (TPSA) is 74.0 Å². The van der Waals surface area contributed by atoms with E-state index >= 15 is 0 Å². The largest absolute Gasteiger partial charge is 0.497 e. The van der Waals surface area contributed by atoms with Crippen molar-refractivity contribution in [3.8, 4) is 16.9 Å². The standard InChI is InChI=1S/C17H19N5O2/c1-11-15(12-5-7-13(24-4)8-6-12)16(22(3)20-11)19-17(23)14-9-18-10-21(14)2/h5-10H,1-4H3,(H,19,23). The van der Waals surface area contributed by atoms with Gasteiger partial charge in [-0.25, -0.2) is 4.98 Å². The quantitative estimate of drug-likeness (QED) is 0.799. The number of anilines is 1. The molecule has 0 radical (unpaired) electrons. The van der Waals surface area contributed by atoms with Crippen LogP contribution in [0.25, 0.3) is 11.1 Å². The molecule has 0 aliphatic rings. The van der Waals surface area contributed by atoms with Gasteiger partial charge < -0.3 is 14.6 Å². The van der Waals surface area contributed by atoms with Crippen LogP contribution in [0.5, 0.6) is 5.75 Å². The van der Waals surface area contributed by atoms with Crippen molar-refractivity contribution in [1.82, 2.24) is 19.3 Å². The molecular formula is C17H19N5O2. The number of ether oxygens (including phenoxy) is 1. The number of aromatic nitrogens is 4. The molecule has 1 amide bonds. The van der Waals surface area contributed by atoms with E-state index in [0.717, 1.165) is 22.6 Å². The van der Waals surface area contributed by atoms with Crippen LogP contribution in [0.1, 0.15) is 16.2 Å². The second-order valence-corrected chi connectivity index (χ2v) is 5.51. The third kappa shape index (κ3) is 2.76. The molecule has 7 heteroatoms. The van der Waals surface area contributed by atoms with Crippen LogP contribution in [0.2, 0.25) is 0 Å². The Bertz CT molecular complexity index is 877. The van der Waals surface area contributed by atoms with Crippen LogP contribution >= 0.6 is 0 Å². The second-order valence-electron chi connectivity index (χ2n) is 5.51. The summed E-state index contributed by atoms with van der Waals surface area (Å²) < 4.78 is 8.54. The van der Waals surface area contributed by atoms with Crippen molar-refractivity contribution >= 4 is 11.7 Å². The number of hydrogen-bond donors (Lipinski definition) is 1. The summed E-state index contributed by atoms with van der Waals surface area (Å²) in [6.07, 6.45) is 3.12. The summed E-state index contributed by atoms with van der Waals surface area (Å²) in [6.45, 7) is 1.92. The lowest BCUT2D eigenvalue weighted by Gasteiger charge is -2.10. The van der Waals surface area contributed by atoms with E-state index in [0.29, 0.717) is 11.5 Å². The summed E-state index contributed by atoms with van der Waals surface area (Å²) in [7, 11) is 5.21. The van der Waals surface area contributed by atoms with Crippen LogP contribution in [-0.2, 0) is 14.1 Å². The average molecular weight is 325 g/mol. The third-order valence-corrected chi connectivity index (χ3v) is 3.88. The summed E-state index contributed by atoms with van der Waals surface area (Å²) in [6, 6.07) is 7.66. The molecule has 0 bridgehead atoms. The number of imidazole rings is 1. The van der Waals surface area contributed by atoms with Crippen LogP contribution < -0.4 is 10.1 Å². The van der Waals surface area contributed by atoms with E-state index in [2.05, 4.69) is 15.4 Å². The smallest absolute Gasteiger partial charge is 0.275 e. The Morgan fingerprint density at radius 3 is 2.50 bits per heavy atom. The van der Waals surface area contributed by atoms with Gasteiger partial charge in [-0.05, 0) is 24.6 Å². The van der Waals surface area contributed by atoms with E-state index in [1.807, 2.05) is 31.2 Å². The van der Waals surface area contributed by atoms with Gasteiger partial charge in [0.2, 0.25) is 0 Å². The second kappa shape index (κ2) is 6.19. The Kier molecular flexibility index (Phi) is 4.07. The summed E-state index contributed by atoms with van der Waals surface area (Å²) in [5.74, 6) is 1.19. The highest BCUT2D eigenvalue weighted by molar-refractivity contribution is 6.04. The first-order valence-electron chi connectivity index (χ1n) is 7.47. The number of hydrogen-bond acceptors (Lipinski definition) is 4. The molecule has 0 aliphatic heterocycles. The number of nitrogens with zero attached hydrogens (tertiary/aromatic N) is 4. The van der Waals surface area contributed by atoms with Gasteiger partial charge in [0.05, 0.1) is 25.3 Å². The minimum absolute atomic E-state index is 0.229. The fourth-order valence-electron chi connectivity index (χ4n) is 2.65. The maximum absolute atomic E-state index is 12.5. The zero-order chi connectivity index (χ0) is 17.3. The van der Waals surface area contributed by atoms with Gasteiger partial charge in [0.15, 0.2) is 0 Å². The number of aryl methyl sites for hydroxylation is 3. The van der Waals surface area contributed by atoms with Gasteiger partial charge in [0.1, 0.15) is 17.3 Å². The van der Waals surface area contributed by atoms with E-state index in [9.17, 15) is 4.79 Å². The summed E-state index contributed by atoms with van der Waals surface area (Å²) in [5.41, 5.74) is 3.16. The Labute approximate surface area is 139 Å². The lowest BCUT2D eigenvalue weighted by Crippen LogP contribution is -2.17. The lowest BCUT2D eigenvalue weighted by molar-refractivity contribution is 0.101. The Morgan fingerprint density at radius 1 is 1.21 bits per heavy atom. The highest BCUT2D eigenvalue weighted by Gasteiger charge is 2.19. The fraction of sp³-hybridized carbons (Fsp3) is 0.235. The Morgan fingerprint density at radius 2 is 1.92 bits per heavy atom. The first kappa shape index (κ1) is 15.8. The van der Waals surface area contributed by atoms with E-state index < -0.39 is 0 Å². The van der Waals surface area contributed by atoms with Crippen LogP contribution in [0, 0.1) is 6.92 Å². The Balaban J connectivity index is 1.99. The highest BCUT2D eigenvalue weighted by Crippen LogP contribution is 2.32. The van der Waals surface area contributed by atoms with Gasteiger partial charge in [0.25, 0.3) is 5.91 Å². The molecule has 3 rings (SSSR count). The van der Waals surface area contributed by atoms with Gasteiger partial charge in [0, 0.05) is 19.7 Å². The van der Waals surface area contributed by atoms with Gasteiger partial charge >= 0.3 is 0 Å². The molecule has 2 aromatic heterocycles. The number of benzene rings is 1. The van der Waals surface area contributed by atoms with E-state index in [-0.39, 0.29) is 5.91 Å². The van der Waals surface area contributed by atoms with Crippen molar-refractivity contribution in [2.75, 3.05) is 12.4 Å². The summed E-state index contributed by atoms with van der Waals surface area (Å²) >= 11 is 0. The molecule has 124 valence electrons. The lowest BCUT2D eigenvalue weighted by atomic mass is 10.1. The molecule has 0 atom stereocenters. The normalized spacial score (nSPS) is 10.7. The molecule has 3 aromatic rings. The molecule has 1 N–H and O–H groups in total. The predicted molar refractivity (Wildman–Crippen MR) is 91.1 cm³/mol. The zero-order valence-electron chi connectivity index (χ0n) is 14.1. The molecule has 24 heavy (non-hydrogen) atoms. The summed E-state index contributed by atoms with van der Waals surface area (Å²) in [5, 5.41) is 7.37. The predicted octanol–water partition coefficient (Wildman–Crippen LogP) is 2.39. The molecule has 0 unspecified atom stereocenters. The molecule has 0 spiro atoms. The van der Waals surface area contributed by atoms with Crippen molar-refractivity contribution in [1.29, 1.82) is 0 Å². The molecule has 0 aliphatic carbocycles. The van der Waals surface area contributed by atoms with Crippen molar-refractivity contribution in [3.05, 3.63) is 48.2 Å². The molecule has 2 heterocycles. The molecule has 7 nitrogen and oxygen atoms in total. The monoisotopic (exact) mass is 325 g/mol. The maximum Gasteiger partial charge on any atom is 0.275 e. The van der Waals surface area contributed by atoms with E-state index in [1.165, 1.54) is 6.20 Å². The average Bonchev–Trinajstić information content (AvgIpc) is 3.11. The van der Waals surface area contributed by atoms with Gasteiger partial charge in [-0.3, -0.25) is 9.48 Å². The molecular weight excluding hydrogens is 306 g/mol. The fourth-order valence-corrected chi connectivity index (χ4v) is 2.65. The first-order chi connectivity index (χ1) is 11.5. The van der Waals surface area contributed by atoms with Crippen LogP contribution in [0.3, 0.4) is 0 Å². The van der Waals surface area contributed by atoms with Gasteiger partial charge in [-0.15, -0.1) is 0 Å². The Hall–Kier alpha value is -3.09. The van der Waals surface area contributed by atoms with Crippen molar-refractivity contribution < 1.29 is 9.53 Å². The van der Waals surface area contributed by atoms with Gasteiger partial charge in [-0.1, -0.05) is 12.1 Å². The number of carbonyl (C=O) groups is 1. The number of amides is 1. The first-order valence-corrected chi connectivity index (χ1v) is 7.47. The number of carbonyl (C=O) groups excluding carboxylic acids is 1. The highest BCUT2D eigenvalue weighted by atomic mass is 16.5. The zero-order valence-corrected chi connectivity index (χ0v) is 14.1. The SMILES string of the molecule is COc1ccc(-c2c(C)nn(C)c2NC(=O)c2cncn2C)cc1.